The second kappa shape index (κ2) is 14.3. The highest BCUT2D eigenvalue weighted by molar-refractivity contribution is 6.35. The minimum Gasteiger partial charge on any atom is -0.497 e. The molecule has 0 radical (unpaired) electrons. The second-order valence-electron chi connectivity index (χ2n) is 9.53. The maximum atomic E-state index is 14.0. The summed E-state index contributed by atoms with van der Waals surface area (Å²) >= 11 is 6.68. The van der Waals surface area contributed by atoms with E-state index in [9.17, 15) is 9.59 Å². The molecule has 4 rings (SSSR count). The molecule has 3 heterocycles. The first-order valence-electron chi connectivity index (χ1n) is 13.7. The number of anilines is 1. The highest BCUT2D eigenvalue weighted by Crippen LogP contribution is 2.38. The first kappa shape index (κ1) is 30.3. The summed E-state index contributed by atoms with van der Waals surface area (Å²) in [6, 6.07) is 5.16. The smallest absolute Gasteiger partial charge is 0.260 e. The molecule has 0 bridgehead atoms. The van der Waals surface area contributed by atoms with E-state index in [0.717, 1.165) is 19.6 Å². The standard InChI is InChI=1S/C29H37ClN6O5/c1-5-25(37)35-13-11-34(12-14-35)9-7-10-36-27-20(19-32-29(33-27)31-8-15-41-6-2)16-23(28(36)38)22-17-21(39-3)18-24(40-4)26(22)30/h5,16-19H,1,6-15H2,2-4H3,(H,31,32,33). The minimum atomic E-state index is -0.227. The molecule has 41 heavy (non-hydrogen) atoms. The number of hydrogen-bond acceptors (Lipinski definition) is 9. The van der Waals surface area contributed by atoms with Crippen LogP contribution in [0.1, 0.15) is 13.3 Å². The van der Waals surface area contributed by atoms with Crippen molar-refractivity contribution in [3.05, 3.63) is 52.4 Å². The Bertz CT molecular complexity index is 1440. The minimum absolute atomic E-state index is 0.0438. The maximum absolute atomic E-state index is 14.0. The molecule has 1 aliphatic rings. The Kier molecular flexibility index (Phi) is 10.6. The van der Waals surface area contributed by atoms with Crippen molar-refractivity contribution in [3.8, 4) is 22.6 Å². The van der Waals surface area contributed by atoms with Gasteiger partial charge in [-0.1, -0.05) is 18.2 Å². The van der Waals surface area contributed by atoms with E-state index >= 15 is 0 Å². The Labute approximate surface area is 244 Å². The molecule has 0 unspecified atom stereocenters. The number of hydrogen-bond donors (Lipinski definition) is 1. The van der Waals surface area contributed by atoms with E-state index in [1.165, 1.54) is 13.2 Å². The second-order valence-corrected chi connectivity index (χ2v) is 9.90. The molecule has 1 aliphatic heterocycles. The van der Waals surface area contributed by atoms with Crippen LogP contribution in [-0.4, -0.2) is 96.9 Å². The van der Waals surface area contributed by atoms with Crippen LogP contribution in [0.25, 0.3) is 22.2 Å². The van der Waals surface area contributed by atoms with Crippen molar-refractivity contribution in [1.29, 1.82) is 0 Å². The summed E-state index contributed by atoms with van der Waals surface area (Å²) in [4.78, 5) is 39.2. The number of rotatable bonds is 13. The summed E-state index contributed by atoms with van der Waals surface area (Å²) in [5.74, 6) is 1.30. The summed E-state index contributed by atoms with van der Waals surface area (Å²) in [6.45, 7) is 11.3. The molecule has 1 saturated heterocycles. The molecule has 3 aromatic rings. The van der Waals surface area contributed by atoms with Crippen LogP contribution < -0.4 is 20.3 Å². The topological polar surface area (TPSA) is 111 Å². The number of carbonyl (C=O) groups excluding carboxylic acids is 1. The first-order valence-corrected chi connectivity index (χ1v) is 14.1. The van der Waals surface area contributed by atoms with E-state index in [-0.39, 0.29) is 11.5 Å². The largest absolute Gasteiger partial charge is 0.497 e. The first-order chi connectivity index (χ1) is 19.9. The molecule has 2 aromatic heterocycles. The molecule has 11 nitrogen and oxygen atoms in total. The van der Waals surface area contributed by atoms with Crippen molar-refractivity contribution in [3.63, 3.8) is 0 Å². The molecule has 1 fully saturated rings. The van der Waals surface area contributed by atoms with Crippen LogP contribution in [0.4, 0.5) is 5.95 Å². The number of piperazine rings is 1. The fourth-order valence-electron chi connectivity index (χ4n) is 4.83. The quantitative estimate of drug-likeness (QED) is 0.239. The van der Waals surface area contributed by atoms with Crippen LogP contribution in [0.15, 0.2) is 41.8 Å². The summed E-state index contributed by atoms with van der Waals surface area (Å²) in [5.41, 5.74) is 1.21. The Morgan fingerprint density at radius 3 is 2.59 bits per heavy atom. The lowest BCUT2D eigenvalue weighted by atomic mass is 10.0. The lowest BCUT2D eigenvalue weighted by Crippen LogP contribution is -2.48. The van der Waals surface area contributed by atoms with Gasteiger partial charge in [0.05, 0.1) is 25.8 Å². The summed E-state index contributed by atoms with van der Waals surface area (Å²) in [5, 5.41) is 4.18. The number of ether oxygens (including phenoxy) is 3. The van der Waals surface area contributed by atoms with Crippen molar-refractivity contribution < 1.29 is 19.0 Å². The van der Waals surface area contributed by atoms with Crippen molar-refractivity contribution in [1.82, 2.24) is 24.3 Å². The van der Waals surface area contributed by atoms with Gasteiger partial charge in [-0.25, -0.2) is 4.98 Å². The molecule has 220 valence electrons. The summed E-state index contributed by atoms with van der Waals surface area (Å²) in [6.07, 6.45) is 3.76. The number of benzene rings is 1. The SMILES string of the molecule is C=CC(=O)N1CCN(CCCn2c(=O)c(-c3cc(OC)cc(OC)c3Cl)cc3cnc(NCCOCC)nc32)CC1. The molecule has 0 aliphatic carbocycles. The number of carbonyl (C=O) groups is 1. The van der Waals surface area contributed by atoms with Crippen LogP contribution in [0.3, 0.4) is 0 Å². The van der Waals surface area contributed by atoms with Crippen LogP contribution >= 0.6 is 11.6 Å². The Balaban J connectivity index is 1.66. The van der Waals surface area contributed by atoms with Gasteiger partial charge in [-0.2, -0.15) is 4.98 Å². The van der Waals surface area contributed by atoms with Gasteiger partial charge < -0.3 is 24.4 Å². The number of aryl methyl sites for hydroxylation is 1. The van der Waals surface area contributed by atoms with Crippen molar-refractivity contribution in [2.24, 2.45) is 0 Å². The summed E-state index contributed by atoms with van der Waals surface area (Å²) < 4.78 is 18.0. The van der Waals surface area contributed by atoms with Gasteiger partial charge in [-0.3, -0.25) is 19.1 Å². The molecular weight excluding hydrogens is 548 g/mol. The Morgan fingerprint density at radius 1 is 1.12 bits per heavy atom. The van der Waals surface area contributed by atoms with Crippen LogP contribution in [-0.2, 0) is 16.1 Å². The van der Waals surface area contributed by atoms with E-state index in [1.807, 2.05) is 6.92 Å². The van der Waals surface area contributed by atoms with Gasteiger partial charge in [0, 0.05) is 74.7 Å². The van der Waals surface area contributed by atoms with Gasteiger partial charge in [0.2, 0.25) is 11.9 Å². The highest BCUT2D eigenvalue weighted by atomic mass is 35.5. The van der Waals surface area contributed by atoms with Crippen LogP contribution in [0, 0.1) is 0 Å². The number of methoxy groups -OCH3 is 2. The van der Waals surface area contributed by atoms with E-state index in [2.05, 4.69) is 21.8 Å². The van der Waals surface area contributed by atoms with Crippen LogP contribution in [0.2, 0.25) is 5.02 Å². The van der Waals surface area contributed by atoms with E-state index in [4.69, 9.17) is 30.8 Å². The lowest BCUT2D eigenvalue weighted by Gasteiger charge is -2.34. The zero-order chi connectivity index (χ0) is 29.4. The van der Waals surface area contributed by atoms with Gasteiger partial charge >= 0.3 is 0 Å². The third-order valence-corrected chi connectivity index (χ3v) is 7.42. The molecule has 0 saturated carbocycles. The fourth-order valence-corrected chi connectivity index (χ4v) is 5.12. The van der Waals surface area contributed by atoms with Crippen molar-refractivity contribution in [2.45, 2.75) is 19.9 Å². The number of aromatic nitrogens is 3. The van der Waals surface area contributed by atoms with Gasteiger partial charge in [0.15, 0.2) is 0 Å². The number of amides is 1. The van der Waals surface area contributed by atoms with Gasteiger partial charge in [-0.05, 0) is 38.1 Å². The zero-order valence-corrected chi connectivity index (χ0v) is 24.6. The van der Waals surface area contributed by atoms with E-state index in [1.54, 1.807) is 41.0 Å². The number of nitrogens with zero attached hydrogens (tertiary/aromatic N) is 5. The molecule has 12 heteroatoms. The monoisotopic (exact) mass is 584 g/mol. The molecular formula is C29H37ClN6O5. The number of halogens is 1. The molecule has 1 amide bonds. The Morgan fingerprint density at radius 2 is 1.90 bits per heavy atom. The van der Waals surface area contributed by atoms with Gasteiger partial charge in [-0.15, -0.1) is 0 Å². The molecule has 0 spiro atoms. The fraction of sp³-hybridized carbons (Fsp3) is 0.448. The average Bonchev–Trinajstić information content (AvgIpc) is 3.00. The Hall–Kier alpha value is -3.67. The zero-order valence-electron chi connectivity index (χ0n) is 23.8. The molecule has 1 N–H and O–H groups in total. The predicted molar refractivity (Wildman–Crippen MR) is 160 cm³/mol. The highest BCUT2D eigenvalue weighted by Gasteiger charge is 2.21. The van der Waals surface area contributed by atoms with Gasteiger partial charge in [0.1, 0.15) is 17.1 Å². The molecule has 0 atom stereocenters. The lowest BCUT2D eigenvalue weighted by molar-refractivity contribution is -0.127. The number of nitrogens with one attached hydrogen (secondary N) is 1. The van der Waals surface area contributed by atoms with Crippen LogP contribution in [0.5, 0.6) is 11.5 Å². The normalized spacial score (nSPS) is 13.8. The van der Waals surface area contributed by atoms with E-state index < -0.39 is 0 Å². The number of fused-ring (bicyclic) bond motifs is 1. The average molecular weight is 585 g/mol. The van der Waals surface area contributed by atoms with Crippen molar-refractivity contribution in [2.75, 3.05) is 72.0 Å². The number of pyridine rings is 1. The summed E-state index contributed by atoms with van der Waals surface area (Å²) in [7, 11) is 3.07. The van der Waals surface area contributed by atoms with E-state index in [0.29, 0.717) is 90.4 Å². The molecule has 1 aromatic carbocycles. The van der Waals surface area contributed by atoms with Gasteiger partial charge in [0.25, 0.3) is 5.56 Å². The third-order valence-electron chi connectivity index (χ3n) is 7.03. The maximum Gasteiger partial charge on any atom is 0.260 e. The predicted octanol–water partition coefficient (Wildman–Crippen LogP) is 3.30. The third kappa shape index (κ3) is 7.16. The van der Waals surface area contributed by atoms with Crippen molar-refractivity contribution >= 4 is 34.5 Å².